The highest BCUT2D eigenvalue weighted by atomic mass is 15.0. The first-order valence-electron chi connectivity index (χ1n) is 9.62. The number of hydrogen-bond donors (Lipinski definition) is 1. The molecular weight excluding hydrogens is 326 g/mol. The van der Waals surface area contributed by atoms with Crippen LogP contribution >= 0.6 is 0 Å². The number of benzene rings is 4. The molecule has 0 bridgehead atoms. The number of rotatable bonds is 2. The summed E-state index contributed by atoms with van der Waals surface area (Å²) in [6.45, 7) is 4.47. The Kier molecular flexibility index (Phi) is 3.84. The van der Waals surface area contributed by atoms with E-state index in [2.05, 4.69) is 104 Å². The van der Waals surface area contributed by atoms with Crippen LogP contribution in [-0.4, -0.2) is 0 Å². The topological polar surface area (TPSA) is 12.0 Å². The van der Waals surface area contributed by atoms with E-state index in [9.17, 15) is 0 Å². The Bertz CT molecular complexity index is 1030. The third-order valence-corrected chi connectivity index (χ3v) is 5.88. The largest absolute Gasteiger partial charge is 0.295 e. The van der Waals surface area contributed by atoms with Gasteiger partial charge in [-0.1, -0.05) is 84.9 Å². The van der Waals surface area contributed by atoms with E-state index < -0.39 is 0 Å². The molecule has 1 aliphatic rings. The third kappa shape index (κ3) is 2.58. The second kappa shape index (κ2) is 6.37. The zero-order chi connectivity index (χ0) is 18.4. The minimum atomic E-state index is 0.189. The SMILES string of the molecule is Cc1ccc2ccc(C)c3c2c1[C@@H](c1ccccc1)N[C@@H]3c1ccccc1. The van der Waals surface area contributed by atoms with Gasteiger partial charge in [0.2, 0.25) is 0 Å². The van der Waals surface area contributed by atoms with Crippen LogP contribution in [0.1, 0.15) is 45.5 Å². The fourth-order valence-electron chi connectivity index (χ4n) is 4.58. The van der Waals surface area contributed by atoms with Gasteiger partial charge in [-0.15, -0.1) is 0 Å². The van der Waals surface area contributed by atoms with Crippen LogP contribution in [-0.2, 0) is 0 Å². The fraction of sp³-hybridized carbons (Fsp3) is 0.154. The van der Waals surface area contributed by atoms with Crippen molar-refractivity contribution in [1.29, 1.82) is 0 Å². The molecule has 0 unspecified atom stereocenters. The molecule has 1 nitrogen and oxygen atoms in total. The molecule has 4 aromatic rings. The van der Waals surface area contributed by atoms with Gasteiger partial charge in [0, 0.05) is 0 Å². The summed E-state index contributed by atoms with van der Waals surface area (Å²) < 4.78 is 0. The predicted octanol–water partition coefficient (Wildman–Crippen LogP) is 6.24. The Balaban J connectivity index is 1.86. The van der Waals surface area contributed by atoms with Crippen molar-refractivity contribution in [3.8, 4) is 0 Å². The maximum Gasteiger partial charge on any atom is 0.0592 e. The van der Waals surface area contributed by atoms with Crippen molar-refractivity contribution in [2.75, 3.05) is 0 Å². The molecule has 132 valence electrons. The Hall–Kier alpha value is -2.90. The van der Waals surface area contributed by atoms with E-state index in [1.165, 1.54) is 44.2 Å². The second-order valence-corrected chi connectivity index (χ2v) is 7.54. The monoisotopic (exact) mass is 349 g/mol. The standard InChI is InChI=1S/C26H23N/c1-17-13-15-19-16-14-18(2)23-24(19)22(17)25(20-9-5-3-6-10-20)27-26(23)21-11-7-4-8-12-21/h3-16,25-27H,1-2H3/t25-,26-/m1/s1. The maximum absolute atomic E-state index is 3.98. The molecule has 0 saturated heterocycles. The van der Waals surface area contributed by atoms with Crippen LogP contribution in [0.5, 0.6) is 0 Å². The van der Waals surface area contributed by atoms with Crippen LogP contribution in [0.3, 0.4) is 0 Å². The van der Waals surface area contributed by atoms with Gasteiger partial charge in [0.25, 0.3) is 0 Å². The molecule has 0 aliphatic carbocycles. The molecule has 1 N–H and O–H groups in total. The van der Waals surface area contributed by atoms with Gasteiger partial charge in [-0.05, 0) is 58.0 Å². The third-order valence-electron chi connectivity index (χ3n) is 5.88. The van der Waals surface area contributed by atoms with Gasteiger partial charge in [-0.25, -0.2) is 0 Å². The fourth-order valence-corrected chi connectivity index (χ4v) is 4.58. The lowest BCUT2D eigenvalue weighted by molar-refractivity contribution is 0.528. The van der Waals surface area contributed by atoms with E-state index in [-0.39, 0.29) is 12.1 Å². The first kappa shape index (κ1) is 16.3. The average Bonchev–Trinajstić information content (AvgIpc) is 2.73. The molecule has 0 fully saturated rings. The van der Waals surface area contributed by atoms with Crippen molar-refractivity contribution in [2.45, 2.75) is 25.9 Å². The Morgan fingerprint density at radius 2 is 1.00 bits per heavy atom. The second-order valence-electron chi connectivity index (χ2n) is 7.54. The normalized spacial score (nSPS) is 18.6. The van der Waals surface area contributed by atoms with Gasteiger partial charge in [-0.2, -0.15) is 0 Å². The summed E-state index contributed by atoms with van der Waals surface area (Å²) in [5, 5.41) is 6.74. The minimum absolute atomic E-state index is 0.189. The smallest absolute Gasteiger partial charge is 0.0592 e. The molecule has 0 amide bonds. The van der Waals surface area contributed by atoms with Crippen molar-refractivity contribution in [1.82, 2.24) is 5.32 Å². The van der Waals surface area contributed by atoms with E-state index in [0.29, 0.717) is 0 Å². The highest BCUT2D eigenvalue weighted by Crippen LogP contribution is 2.44. The zero-order valence-electron chi connectivity index (χ0n) is 15.7. The molecule has 0 spiro atoms. The lowest BCUT2D eigenvalue weighted by Gasteiger charge is -2.36. The van der Waals surface area contributed by atoms with Crippen LogP contribution in [0.4, 0.5) is 0 Å². The highest BCUT2D eigenvalue weighted by Gasteiger charge is 2.32. The van der Waals surface area contributed by atoms with E-state index in [4.69, 9.17) is 0 Å². The van der Waals surface area contributed by atoms with Crippen LogP contribution in [0.15, 0.2) is 84.9 Å². The Morgan fingerprint density at radius 3 is 1.44 bits per heavy atom. The van der Waals surface area contributed by atoms with Crippen molar-refractivity contribution < 1.29 is 0 Å². The summed E-state index contributed by atoms with van der Waals surface area (Å²) >= 11 is 0. The van der Waals surface area contributed by atoms with Crippen LogP contribution in [0, 0.1) is 13.8 Å². The molecule has 1 heteroatoms. The maximum atomic E-state index is 3.98. The quantitative estimate of drug-likeness (QED) is 0.452. The summed E-state index contributed by atoms with van der Waals surface area (Å²) in [6, 6.07) is 31.1. The molecule has 0 radical (unpaired) electrons. The lowest BCUT2D eigenvalue weighted by Crippen LogP contribution is -2.33. The summed E-state index contributed by atoms with van der Waals surface area (Å²) in [4.78, 5) is 0. The molecule has 5 rings (SSSR count). The lowest BCUT2D eigenvalue weighted by atomic mass is 9.79. The van der Waals surface area contributed by atoms with E-state index in [0.717, 1.165) is 0 Å². The summed E-state index contributed by atoms with van der Waals surface area (Å²) in [5.74, 6) is 0. The van der Waals surface area contributed by atoms with Crippen molar-refractivity contribution in [2.24, 2.45) is 0 Å². The molecule has 2 atom stereocenters. The van der Waals surface area contributed by atoms with E-state index in [1.54, 1.807) is 0 Å². The Morgan fingerprint density at radius 1 is 0.556 bits per heavy atom. The number of hydrogen-bond acceptors (Lipinski definition) is 1. The van der Waals surface area contributed by atoms with Crippen LogP contribution in [0.25, 0.3) is 10.8 Å². The molecule has 1 heterocycles. The summed E-state index contributed by atoms with van der Waals surface area (Å²) in [6.07, 6.45) is 0. The number of nitrogens with one attached hydrogen (secondary N) is 1. The van der Waals surface area contributed by atoms with Crippen LogP contribution in [0.2, 0.25) is 0 Å². The Labute approximate surface area is 160 Å². The van der Waals surface area contributed by atoms with Gasteiger partial charge in [0.1, 0.15) is 0 Å². The molecule has 1 aliphatic heterocycles. The molecule has 27 heavy (non-hydrogen) atoms. The van der Waals surface area contributed by atoms with Crippen LogP contribution < -0.4 is 5.32 Å². The van der Waals surface area contributed by atoms with E-state index >= 15 is 0 Å². The molecule has 0 aromatic heterocycles. The summed E-state index contributed by atoms with van der Waals surface area (Å²) in [5.41, 5.74) is 8.18. The molecule has 4 aromatic carbocycles. The van der Waals surface area contributed by atoms with Gasteiger partial charge >= 0.3 is 0 Å². The summed E-state index contributed by atoms with van der Waals surface area (Å²) in [7, 11) is 0. The molecular formula is C26H23N. The first-order chi connectivity index (χ1) is 13.2. The highest BCUT2D eigenvalue weighted by molar-refractivity contribution is 5.93. The van der Waals surface area contributed by atoms with Gasteiger partial charge in [0.05, 0.1) is 12.1 Å². The predicted molar refractivity (Wildman–Crippen MR) is 113 cm³/mol. The van der Waals surface area contributed by atoms with Crippen molar-refractivity contribution >= 4 is 10.8 Å². The molecule has 0 saturated carbocycles. The van der Waals surface area contributed by atoms with Gasteiger partial charge < -0.3 is 0 Å². The van der Waals surface area contributed by atoms with Gasteiger partial charge in [-0.3, -0.25) is 5.32 Å². The minimum Gasteiger partial charge on any atom is -0.295 e. The first-order valence-corrected chi connectivity index (χ1v) is 9.62. The van der Waals surface area contributed by atoms with Gasteiger partial charge in [0.15, 0.2) is 0 Å². The van der Waals surface area contributed by atoms with E-state index in [1.807, 2.05) is 0 Å². The van der Waals surface area contributed by atoms with Crippen molar-refractivity contribution in [3.05, 3.63) is 118 Å². The number of aryl methyl sites for hydroxylation is 2. The van der Waals surface area contributed by atoms with Crippen molar-refractivity contribution in [3.63, 3.8) is 0 Å². The zero-order valence-corrected chi connectivity index (χ0v) is 15.7. The average molecular weight is 349 g/mol.